The summed E-state index contributed by atoms with van der Waals surface area (Å²) in [5, 5.41) is 11.6. The second-order valence-electron chi connectivity index (χ2n) is 22.6. The molecule has 2 saturated carbocycles. The zero-order chi connectivity index (χ0) is 50.3. The van der Waals surface area contributed by atoms with Gasteiger partial charge in [-0.15, -0.1) is 22.7 Å². The molecule has 0 aromatic carbocycles. The van der Waals surface area contributed by atoms with Crippen molar-refractivity contribution in [1.29, 1.82) is 0 Å². The molecule has 72 heavy (non-hydrogen) atoms. The Morgan fingerprint density at radius 3 is 1.74 bits per heavy atom. The summed E-state index contributed by atoms with van der Waals surface area (Å²) in [6.07, 6.45) is 12.3. The summed E-state index contributed by atoms with van der Waals surface area (Å²) in [6, 6.07) is 3.23. The monoisotopic (exact) mass is 1050 g/mol. The highest BCUT2D eigenvalue weighted by Gasteiger charge is 2.47. The van der Waals surface area contributed by atoms with Crippen LogP contribution in [0.5, 0.6) is 0 Å². The number of pyridine rings is 2. The van der Waals surface area contributed by atoms with E-state index in [-0.39, 0.29) is 23.0 Å². The van der Waals surface area contributed by atoms with Crippen LogP contribution in [0.15, 0.2) is 31.1 Å². The number of fused-ring (bicyclic) bond motifs is 8. The second kappa shape index (κ2) is 17.9. The van der Waals surface area contributed by atoms with Crippen molar-refractivity contribution in [3.8, 4) is 22.5 Å². The van der Waals surface area contributed by atoms with E-state index >= 15 is 0 Å². The molecule has 8 aromatic rings. The van der Waals surface area contributed by atoms with E-state index in [2.05, 4.69) is 121 Å². The number of sulfone groups is 2. The van der Waals surface area contributed by atoms with Crippen molar-refractivity contribution in [1.82, 2.24) is 49.0 Å². The molecule has 4 aliphatic rings. The first-order chi connectivity index (χ1) is 34.3. The molecule has 382 valence electrons. The predicted octanol–water partition coefficient (Wildman–Crippen LogP) is 10.3. The number of aromatic amines is 2. The van der Waals surface area contributed by atoms with Crippen LogP contribution in [0.25, 0.3) is 54.2 Å². The summed E-state index contributed by atoms with van der Waals surface area (Å²) in [5.41, 5.74) is 15.3. The minimum atomic E-state index is -3.52. The number of rotatable bonds is 16. The normalized spacial score (nSPS) is 22.9. The molecule has 10 heterocycles. The van der Waals surface area contributed by atoms with Gasteiger partial charge in [0, 0.05) is 75.8 Å². The fraction of sp³-hybridized carbons (Fsp3) is 0.556. The zero-order valence-electron chi connectivity index (χ0n) is 43.0. The Bertz CT molecular complexity index is 3670. The molecule has 12 rings (SSSR count). The largest absolute Gasteiger partial charge is 0.346 e. The molecule has 4 bridgehead atoms. The summed E-state index contributed by atoms with van der Waals surface area (Å²) in [7, 11) is -7.02. The van der Waals surface area contributed by atoms with E-state index in [1.54, 1.807) is 12.7 Å². The zero-order valence-corrected chi connectivity index (χ0v) is 46.3. The summed E-state index contributed by atoms with van der Waals surface area (Å²) in [4.78, 5) is 26.9. The molecule has 14 nitrogen and oxygen atoms in total. The van der Waals surface area contributed by atoms with Crippen LogP contribution in [0.2, 0.25) is 0 Å². The molecule has 4 unspecified atom stereocenters. The Labute approximate surface area is 430 Å². The number of thiophene rings is 2. The van der Waals surface area contributed by atoms with Crippen molar-refractivity contribution < 1.29 is 16.8 Å². The lowest BCUT2D eigenvalue weighted by atomic mass is 9.88. The molecule has 0 spiro atoms. The third-order valence-corrected chi connectivity index (χ3v) is 23.9. The predicted molar refractivity (Wildman–Crippen MR) is 292 cm³/mol. The molecular weight excluding hydrogens is 981 g/mol. The smallest absolute Gasteiger partial charge is 0.158 e. The Balaban J connectivity index is 0.620. The number of likely N-dealkylation sites (tertiary alicyclic amines) is 2. The average molecular weight is 1050 g/mol. The highest BCUT2D eigenvalue weighted by Crippen LogP contribution is 2.54. The quantitative estimate of drug-likeness (QED) is 0.0951. The molecule has 18 heteroatoms. The molecule has 6 atom stereocenters. The van der Waals surface area contributed by atoms with Gasteiger partial charge in [-0.25, -0.2) is 35.8 Å². The number of aromatic nitrogens is 8. The van der Waals surface area contributed by atoms with Gasteiger partial charge >= 0.3 is 0 Å². The van der Waals surface area contributed by atoms with E-state index < -0.39 is 19.7 Å². The summed E-state index contributed by atoms with van der Waals surface area (Å²) < 4.78 is 57.1. The van der Waals surface area contributed by atoms with Crippen LogP contribution in [-0.4, -0.2) is 127 Å². The first-order valence-electron chi connectivity index (χ1n) is 26.1. The van der Waals surface area contributed by atoms with E-state index in [9.17, 15) is 16.8 Å². The Morgan fingerprint density at radius 1 is 0.625 bits per heavy atom. The molecule has 0 radical (unpaired) electrons. The number of piperidine rings is 2. The fourth-order valence-corrected chi connectivity index (χ4v) is 20.1. The summed E-state index contributed by atoms with van der Waals surface area (Å²) >= 11 is 3.80. The molecular formula is C54H68N10O4S4. The van der Waals surface area contributed by atoms with Crippen molar-refractivity contribution in [2.75, 3.05) is 49.2 Å². The minimum Gasteiger partial charge on any atom is -0.346 e. The van der Waals surface area contributed by atoms with E-state index in [1.807, 2.05) is 31.7 Å². The van der Waals surface area contributed by atoms with Gasteiger partial charge in [-0.05, 0) is 154 Å². The Morgan fingerprint density at radius 2 is 1.17 bits per heavy atom. The molecule has 0 amide bonds. The van der Waals surface area contributed by atoms with Gasteiger partial charge in [0.15, 0.2) is 31.0 Å². The SMILES string of the molecule is Cc1c(-c2[nH]c3sc([C@@H]4CC5CC4CN5CCS(=O)(=O)CCS(=O)(=O)CCCN4CC5CC4C[C@H]5c4sc5[nH]c(-c6cn7ncnc7c(C)c6C)c(C(C)C)c5c4C)cc3c2C(C)C)cn2ncnc2c1C. The molecule has 8 aromatic heterocycles. The minimum absolute atomic E-state index is 0.00872. The van der Waals surface area contributed by atoms with Crippen molar-refractivity contribution >= 4 is 74.1 Å². The maximum absolute atomic E-state index is 13.4. The van der Waals surface area contributed by atoms with E-state index in [1.165, 1.54) is 69.3 Å². The molecule has 2 aliphatic carbocycles. The number of H-pyrrole nitrogens is 2. The van der Waals surface area contributed by atoms with Gasteiger partial charge < -0.3 is 14.9 Å². The standard InChI is InChI=1S/C54H68N10O4S4/c1-28(2)45-41-21-44(69-53(41)59-48(45)42-24-63-51(55-26-57-63)32(7)30(42)5)39-19-37-17-35(39)22-62(37)12-14-72(67,68)16-15-71(65,66)13-10-11-61-23-36-18-38(61)20-40(36)50-34(9)47-46(29(3)4)49(60-54(47)70-50)43-25-64-52(56-27-58-64)33(8)31(43)6/h21,24-29,35-40,59-60H,10-20,22-23H2,1-9H3/t35?,36?,37?,38?,39-,40-/m1/s1. The van der Waals surface area contributed by atoms with Gasteiger partial charge in [-0.3, -0.25) is 4.90 Å². The maximum Gasteiger partial charge on any atom is 0.158 e. The van der Waals surface area contributed by atoms with Crippen LogP contribution in [0.4, 0.5) is 0 Å². The lowest BCUT2D eigenvalue weighted by molar-refractivity contribution is 0.201. The van der Waals surface area contributed by atoms with Crippen molar-refractivity contribution in [3.05, 3.63) is 79.8 Å². The highest BCUT2D eigenvalue weighted by molar-refractivity contribution is 7.95. The maximum atomic E-state index is 13.4. The third-order valence-electron chi connectivity index (χ3n) is 17.8. The molecule has 2 N–H and O–H groups in total. The third kappa shape index (κ3) is 8.10. The van der Waals surface area contributed by atoms with Gasteiger partial charge in [0.1, 0.15) is 22.3 Å². The number of hydrogen-bond acceptors (Lipinski definition) is 12. The Kier molecular flexibility index (Phi) is 12.0. The van der Waals surface area contributed by atoms with Gasteiger partial charge in [0.05, 0.1) is 34.4 Å². The first kappa shape index (κ1) is 48.5. The van der Waals surface area contributed by atoms with Crippen molar-refractivity contribution in [2.45, 2.75) is 130 Å². The van der Waals surface area contributed by atoms with Crippen LogP contribution in [-0.2, 0) is 19.7 Å². The second-order valence-corrected chi connectivity index (χ2v) is 29.3. The topological polar surface area (TPSA) is 167 Å². The van der Waals surface area contributed by atoms with Crippen molar-refractivity contribution in [2.24, 2.45) is 11.8 Å². The van der Waals surface area contributed by atoms with E-state index in [0.29, 0.717) is 60.6 Å². The summed E-state index contributed by atoms with van der Waals surface area (Å²) in [6.45, 7) is 23.1. The lowest BCUT2D eigenvalue weighted by Crippen LogP contribution is -2.38. The van der Waals surface area contributed by atoms with Crippen LogP contribution >= 0.6 is 22.7 Å². The van der Waals surface area contributed by atoms with E-state index in [4.69, 9.17) is 0 Å². The number of aryl methyl sites for hydroxylation is 3. The van der Waals surface area contributed by atoms with E-state index in [0.717, 1.165) is 79.0 Å². The lowest BCUT2D eigenvalue weighted by Gasteiger charge is -2.31. The number of hydrogen-bond donors (Lipinski definition) is 2. The molecule has 4 fully saturated rings. The van der Waals surface area contributed by atoms with Crippen LogP contribution in [0, 0.1) is 46.5 Å². The number of nitrogens with zero attached hydrogens (tertiary/aromatic N) is 8. The number of nitrogens with one attached hydrogen (secondary N) is 2. The average Bonchev–Trinajstić information content (AvgIpc) is 4.18. The Hall–Kier alpha value is -4.46. The van der Waals surface area contributed by atoms with Gasteiger partial charge in [0.25, 0.3) is 0 Å². The summed E-state index contributed by atoms with van der Waals surface area (Å²) in [5.74, 6) is 2.12. The van der Waals surface area contributed by atoms with Gasteiger partial charge in [-0.1, -0.05) is 27.7 Å². The van der Waals surface area contributed by atoms with Crippen LogP contribution < -0.4 is 0 Å². The van der Waals surface area contributed by atoms with Crippen LogP contribution in [0.1, 0.15) is 132 Å². The van der Waals surface area contributed by atoms with Crippen LogP contribution in [0.3, 0.4) is 0 Å². The van der Waals surface area contributed by atoms with Gasteiger partial charge in [0.2, 0.25) is 0 Å². The molecule has 2 aliphatic heterocycles. The van der Waals surface area contributed by atoms with Gasteiger partial charge in [-0.2, -0.15) is 10.2 Å². The molecule has 2 saturated heterocycles. The van der Waals surface area contributed by atoms with Crippen molar-refractivity contribution in [3.63, 3.8) is 0 Å². The first-order valence-corrected chi connectivity index (χ1v) is 31.4. The fourth-order valence-electron chi connectivity index (χ4n) is 13.8. The highest BCUT2D eigenvalue weighted by atomic mass is 32.2.